The van der Waals surface area contributed by atoms with Crippen molar-refractivity contribution in [2.75, 3.05) is 0 Å². The van der Waals surface area contributed by atoms with Gasteiger partial charge in [-0.15, -0.1) is 12.4 Å². The van der Waals surface area contributed by atoms with Crippen LogP contribution in [0.5, 0.6) is 0 Å². The standard InChI is InChI=1S/C9H7NO2.ClH/c10-6-8-3-1-7(2-4-8)5-9(11)12;/h1-4H,5H2,(H,11,12);1H. The molecule has 0 amide bonds. The van der Waals surface area contributed by atoms with Gasteiger partial charge in [-0.25, -0.2) is 0 Å². The largest absolute Gasteiger partial charge is 0.481 e. The predicted octanol–water partition coefficient (Wildman–Crippen LogP) is 1.61. The van der Waals surface area contributed by atoms with Crippen molar-refractivity contribution in [2.45, 2.75) is 6.42 Å². The Labute approximate surface area is 82.0 Å². The van der Waals surface area contributed by atoms with Gasteiger partial charge in [0.05, 0.1) is 18.1 Å². The van der Waals surface area contributed by atoms with E-state index in [4.69, 9.17) is 10.4 Å². The number of benzene rings is 1. The van der Waals surface area contributed by atoms with Gasteiger partial charge in [0.25, 0.3) is 0 Å². The van der Waals surface area contributed by atoms with Crippen LogP contribution in [-0.2, 0) is 11.2 Å². The van der Waals surface area contributed by atoms with Gasteiger partial charge in [-0.3, -0.25) is 4.79 Å². The van der Waals surface area contributed by atoms with Crippen molar-refractivity contribution >= 4 is 18.4 Å². The first-order valence-electron chi connectivity index (χ1n) is 3.43. The number of carboxylic acid groups (broad SMARTS) is 1. The van der Waals surface area contributed by atoms with E-state index in [0.717, 1.165) is 0 Å². The summed E-state index contributed by atoms with van der Waals surface area (Å²) >= 11 is 0. The van der Waals surface area contributed by atoms with Gasteiger partial charge in [-0.2, -0.15) is 5.26 Å². The maximum Gasteiger partial charge on any atom is 0.307 e. The molecule has 0 atom stereocenters. The van der Waals surface area contributed by atoms with Gasteiger partial charge in [0.15, 0.2) is 0 Å². The molecule has 1 aromatic carbocycles. The van der Waals surface area contributed by atoms with E-state index in [1.807, 2.05) is 6.07 Å². The molecule has 4 heteroatoms. The van der Waals surface area contributed by atoms with Crippen LogP contribution in [0.15, 0.2) is 24.3 Å². The summed E-state index contributed by atoms with van der Waals surface area (Å²) in [4.78, 5) is 10.3. The average molecular weight is 198 g/mol. The van der Waals surface area contributed by atoms with Crippen LogP contribution in [0.1, 0.15) is 11.1 Å². The molecule has 0 heterocycles. The van der Waals surface area contributed by atoms with Crippen molar-refractivity contribution in [3.63, 3.8) is 0 Å². The highest BCUT2D eigenvalue weighted by molar-refractivity contribution is 5.85. The number of carboxylic acids is 1. The lowest BCUT2D eigenvalue weighted by molar-refractivity contribution is -0.136. The number of nitrogens with zero attached hydrogens (tertiary/aromatic N) is 1. The molecule has 0 saturated carbocycles. The zero-order chi connectivity index (χ0) is 8.97. The number of carbonyl (C=O) groups is 1. The lowest BCUT2D eigenvalue weighted by atomic mass is 10.1. The summed E-state index contributed by atoms with van der Waals surface area (Å²) < 4.78 is 0. The zero-order valence-electron chi connectivity index (χ0n) is 6.73. The van der Waals surface area contributed by atoms with Crippen molar-refractivity contribution in [3.05, 3.63) is 35.4 Å². The molecular weight excluding hydrogens is 190 g/mol. The zero-order valence-corrected chi connectivity index (χ0v) is 7.54. The fourth-order valence-corrected chi connectivity index (χ4v) is 0.872. The normalized spacial score (nSPS) is 8.23. The highest BCUT2D eigenvalue weighted by atomic mass is 35.5. The second-order valence-corrected chi connectivity index (χ2v) is 2.38. The molecule has 0 aliphatic carbocycles. The summed E-state index contributed by atoms with van der Waals surface area (Å²) in [7, 11) is 0. The van der Waals surface area contributed by atoms with E-state index in [0.29, 0.717) is 11.1 Å². The minimum atomic E-state index is -0.861. The molecule has 0 radical (unpaired) electrons. The monoisotopic (exact) mass is 197 g/mol. The fourth-order valence-electron chi connectivity index (χ4n) is 0.872. The Balaban J connectivity index is 0.00000144. The predicted molar refractivity (Wildman–Crippen MR) is 49.7 cm³/mol. The summed E-state index contributed by atoms with van der Waals surface area (Å²) in [5, 5.41) is 16.9. The molecule has 0 fully saturated rings. The summed E-state index contributed by atoms with van der Waals surface area (Å²) in [6.07, 6.45) is 0.00566. The molecule has 0 unspecified atom stereocenters. The minimum absolute atomic E-state index is 0. The summed E-state index contributed by atoms with van der Waals surface area (Å²) in [6.45, 7) is 0. The van der Waals surface area contributed by atoms with Crippen molar-refractivity contribution in [3.8, 4) is 6.07 Å². The Morgan fingerprint density at radius 3 is 2.31 bits per heavy atom. The summed E-state index contributed by atoms with van der Waals surface area (Å²) in [5.41, 5.74) is 1.26. The third kappa shape index (κ3) is 3.59. The second-order valence-electron chi connectivity index (χ2n) is 2.38. The molecule has 13 heavy (non-hydrogen) atoms. The Kier molecular flexibility index (Phi) is 4.57. The quantitative estimate of drug-likeness (QED) is 0.784. The Morgan fingerprint density at radius 1 is 1.38 bits per heavy atom. The van der Waals surface area contributed by atoms with E-state index in [1.54, 1.807) is 24.3 Å². The second kappa shape index (κ2) is 5.18. The molecule has 0 bridgehead atoms. The van der Waals surface area contributed by atoms with Gasteiger partial charge in [0.1, 0.15) is 0 Å². The molecule has 0 aromatic heterocycles. The van der Waals surface area contributed by atoms with Crippen molar-refractivity contribution in [1.82, 2.24) is 0 Å². The highest BCUT2D eigenvalue weighted by Gasteiger charge is 1.98. The van der Waals surface area contributed by atoms with Gasteiger partial charge in [0, 0.05) is 0 Å². The van der Waals surface area contributed by atoms with Crippen LogP contribution < -0.4 is 0 Å². The minimum Gasteiger partial charge on any atom is -0.481 e. The number of halogens is 1. The van der Waals surface area contributed by atoms with Crippen LogP contribution in [0.3, 0.4) is 0 Å². The highest BCUT2D eigenvalue weighted by Crippen LogP contribution is 2.03. The molecule has 68 valence electrons. The first-order valence-corrected chi connectivity index (χ1v) is 3.43. The van der Waals surface area contributed by atoms with E-state index < -0.39 is 5.97 Å². The fraction of sp³-hybridized carbons (Fsp3) is 0.111. The topological polar surface area (TPSA) is 61.1 Å². The van der Waals surface area contributed by atoms with Gasteiger partial charge in [-0.05, 0) is 17.7 Å². The van der Waals surface area contributed by atoms with Crippen molar-refractivity contribution < 1.29 is 9.90 Å². The molecule has 0 spiro atoms. The van der Waals surface area contributed by atoms with Crippen molar-refractivity contribution in [1.29, 1.82) is 5.26 Å². The Morgan fingerprint density at radius 2 is 1.92 bits per heavy atom. The number of hydrogen-bond acceptors (Lipinski definition) is 2. The first-order chi connectivity index (χ1) is 5.72. The first kappa shape index (κ1) is 11.5. The van der Waals surface area contributed by atoms with Gasteiger partial charge < -0.3 is 5.11 Å². The van der Waals surface area contributed by atoms with Gasteiger partial charge in [0.2, 0.25) is 0 Å². The van der Waals surface area contributed by atoms with Crippen LogP contribution >= 0.6 is 12.4 Å². The maximum absolute atomic E-state index is 10.3. The third-order valence-electron chi connectivity index (χ3n) is 1.44. The molecule has 0 aliphatic heterocycles. The molecule has 0 saturated heterocycles. The number of aliphatic carboxylic acids is 1. The number of hydrogen-bond donors (Lipinski definition) is 1. The Hall–Kier alpha value is -1.53. The lowest BCUT2D eigenvalue weighted by Gasteiger charge is -1.94. The lowest BCUT2D eigenvalue weighted by Crippen LogP contribution is -1.99. The SMILES string of the molecule is Cl.N#Cc1ccc(CC(=O)O)cc1. The van der Waals surface area contributed by atoms with E-state index in [2.05, 4.69) is 0 Å². The van der Waals surface area contributed by atoms with Gasteiger partial charge >= 0.3 is 5.97 Å². The van der Waals surface area contributed by atoms with Crippen molar-refractivity contribution in [2.24, 2.45) is 0 Å². The van der Waals surface area contributed by atoms with E-state index in [-0.39, 0.29) is 18.8 Å². The molecule has 3 nitrogen and oxygen atoms in total. The number of rotatable bonds is 2. The molecular formula is C9H8ClNO2. The molecule has 1 rings (SSSR count). The van der Waals surface area contributed by atoms with Crippen LogP contribution in [0.25, 0.3) is 0 Å². The van der Waals surface area contributed by atoms with Gasteiger partial charge in [-0.1, -0.05) is 12.1 Å². The maximum atomic E-state index is 10.3. The average Bonchev–Trinajstić information content (AvgIpc) is 2.05. The molecule has 1 N–H and O–H groups in total. The smallest absolute Gasteiger partial charge is 0.307 e. The van der Waals surface area contributed by atoms with Crippen LogP contribution in [0, 0.1) is 11.3 Å². The Bertz CT molecular complexity index is 326. The van der Waals surface area contributed by atoms with E-state index in [1.165, 1.54) is 0 Å². The summed E-state index contributed by atoms with van der Waals surface area (Å²) in [5.74, 6) is -0.861. The van der Waals surface area contributed by atoms with Crippen LogP contribution in [0.2, 0.25) is 0 Å². The van der Waals surface area contributed by atoms with Crippen LogP contribution in [0.4, 0.5) is 0 Å². The molecule has 1 aromatic rings. The molecule has 0 aliphatic rings. The van der Waals surface area contributed by atoms with E-state index in [9.17, 15) is 4.79 Å². The summed E-state index contributed by atoms with van der Waals surface area (Å²) in [6, 6.07) is 8.47. The van der Waals surface area contributed by atoms with Crippen LogP contribution in [-0.4, -0.2) is 11.1 Å². The third-order valence-corrected chi connectivity index (χ3v) is 1.44. The van der Waals surface area contributed by atoms with E-state index >= 15 is 0 Å². The number of nitriles is 1.